The number of nitrogens with one attached hydrogen (secondary N) is 1. The number of hydrogen-bond donors (Lipinski definition) is 1. The molecule has 0 aliphatic rings. The van der Waals surface area contributed by atoms with Crippen LogP contribution in [0.15, 0.2) is 64.4 Å². The molecule has 0 spiro atoms. The van der Waals surface area contributed by atoms with Crippen molar-refractivity contribution in [3.05, 3.63) is 72.2 Å². The molecule has 0 fully saturated rings. The summed E-state index contributed by atoms with van der Waals surface area (Å²) >= 11 is 0. The zero-order valence-electron chi connectivity index (χ0n) is 12.9. The molecule has 0 radical (unpaired) electrons. The number of hydrogen-bond acceptors (Lipinski definition) is 4. The summed E-state index contributed by atoms with van der Waals surface area (Å²) < 4.78 is 47.7. The first-order chi connectivity index (χ1) is 11.5. The number of halogens is 1. The first-order valence-corrected chi connectivity index (χ1v) is 8.74. The molecule has 126 valence electrons. The van der Waals surface area contributed by atoms with Crippen LogP contribution in [0.2, 0.25) is 0 Å². The van der Waals surface area contributed by atoms with Gasteiger partial charge in [0, 0.05) is 18.9 Å². The Bertz CT molecular complexity index is 872. The molecule has 24 heavy (non-hydrogen) atoms. The van der Waals surface area contributed by atoms with E-state index in [4.69, 9.17) is 4.42 Å². The molecule has 1 aromatic carbocycles. The third kappa shape index (κ3) is 3.39. The smallest absolute Gasteiger partial charge is 0.240 e. The summed E-state index contributed by atoms with van der Waals surface area (Å²) in [6.45, 7) is 1.60. The number of aromatic nitrogens is 2. The Kier molecular flexibility index (Phi) is 4.50. The molecular formula is C16H16FN3O3S. The molecule has 0 saturated carbocycles. The minimum absolute atomic E-state index is 0.0440. The van der Waals surface area contributed by atoms with Gasteiger partial charge in [-0.15, -0.1) is 0 Å². The number of nitrogens with zero attached hydrogens (tertiary/aromatic N) is 2. The lowest BCUT2D eigenvalue weighted by Gasteiger charge is -2.17. The lowest BCUT2D eigenvalue weighted by atomic mass is 10.2. The molecule has 2 heterocycles. The molecule has 3 rings (SSSR count). The van der Waals surface area contributed by atoms with Crippen molar-refractivity contribution in [2.24, 2.45) is 0 Å². The van der Waals surface area contributed by atoms with Crippen LogP contribution in [0.1, 0.15) is 17.4 Å². The minimum Gasteiger partial charge on any atom is -0.467 e. The summed E-state index contributed by atoms with van der Waals surface area (Å²) in [6.07, 6.45) is 4.85. The third-order valence-electron chi connectivity index (χ3n) is 3.61. The van der Waals surface area contributed by atoms with E-state index in [1.165, 1.54) is 18.4 Å². The second-order valence-electron chi connectivity index (χ2n) is 5.28. The van der Waals surface area contributed by atoms with E-state index in [1.807, 2.05) is 0 Å². The van der Waals surface area contributed by atoms with Gasteiger partial charge in [-0.25, -0.2) is 17.5 Å². The molecule has 2 aromatic heterocycles. The summed E-state index contributed by atoms with van der Waals surface area (Å²) in [5, 5.41) is 4.15. The average molecular weight is 349 g/mol. The van der Waals surface area contributed by atoms with Crippen molar-refractivity contribution in [2.45, 2.75) is 17.9 Å². The Labute approximate surface area is 139 Å². The van der Waals surface area contributed by atoms with Crippen molar-refractivity contribution in [3.8, 4) is 0 Å². The number of rotatable bonds is 6. The largest absolute Gasteiger partial charge is 0.467 e. The Balaban J connectivity index is 1.84. The van der Waals surface area contributed by atoms with Crippen LogP contribution in [-0.2, 0) is 10.0 Å². The molecule has 1 atom stereocenters. The highest BCUT2D eigenvalue weighted by atomic mass is 32.2. The highest BCUT2D eigenvalue weighted by Gasteiger charge is 2.22. The average Bonchev–Trinajstić information content (AvgIpc) is 3.20. The van der Waals surface area contributed by atoms with Crippen molar-refractivity contribution >= 4 is 10.0 Å². The van der Waals surface area contributed by atoms with Crippen LogP contribution in [0.3, 0.4) is 0 Å². The first-order valence-electron chi connectivity index (χ1n) is 7.26. The zero-order chi connectivity index (χ0) is 17.2. The predicted molar refractivity (Wildman–Crippen MR) is 85.4 cm³/mol. The van der Waals surface area contributed by atoms with Gasteiger partial charge in [-0.1, -0.05) is 0 Å². The summed E-state index contributed by atoms with van der Waals surface area (Å²) in [6, 6.07) is 8.36. The molecule has 0 aliphatic heterocycles. The molecule has 3 aromatic rings. The Morgan fingerprint density at radius 1 is 1.33 bits per heavy atom. The van der Waals surface area contributed by atoms with Crippen molar-refractivity contribution < 1.29 is 17.2 Å². The highest BCUT2D eigenvalue weighted by molar-refractivity contribution is 7.89. The Hall–Kier alpha value is -2.45. The lowest BCUT2D eigenvalue weighted by Crippen LogP contribution is -2.31. The summed E-state index contributed by atoms with van der Waals surface area (Å²) in [5.41, 5.74) is 0.344. The second-order valence-corrected chi connectivity index (χ2v) is 7.01. The van der Waals surface area contributed by atoms with Crippen LogP contribution in [0.25, 0.3) is 0 Å². The van der Waals surface area contributed by atoms with Gasteiger partial charge < -0.3 is 4.42 Å². The van der Waals surface area contributed by atoms with Crippen LogP contribution in [-0.4, -0.2) is 24.7 Å². The fourth-order valence-electron chi connectivity index (χ4n) is 2.45. The zero-order valence-corrected chi connectivity index (χ0v) is 13.7. The standard InChI is InChI=1S/C16H16FN3O3S/c1-12-10-13(17)5-6-16(12)24(21,22)19-11-14(15-4-2-9-23-15)20-8-3-7-18-20/h2-10,14,19H,11H2,1H3. The molecule has 0 saturated heterocycles. The number of furan rings is 1. The maximum absolute atomic E-state index is 13.2. The molecule has 0 bridgehead atoms. The summed E-state index contributed by atoms with van der Waals surface area (Å²) in [5.74, 6) is 0.105. The van der Waals surface area contributed by atoms with Gasteiger partial charge in [-0.3, -0.25) is 4.68 Å². The van der Waals surface area contributed by atoms with Crippen molar-refractivity contribution in [1.29, 1.82) is 0 Å². The van der Waals surface area contributed by atoms with Gasteiger partial charge in [0.15, 0.2) is 0 Å². The molecule has 6 nitrogen and oxygen atoms in total. The monoisotopic (exact) mass is 349 g/mol. The maximum Gasteiger partial charge on any atom is 0.240 e. The fraction of sp³-hybridized carbons (Fsp3) is 0.188. The predicted octanol–water partition coefficient (Wildman–Crippen LogP) is 2.49. The van der Waals surface area contributed by atoms with E-state index in [9.17, 15) is 12.8 Å². The molecular weight excluding hydrogens is 333 g/mol. The Morgan fingerprint density at radius 3 is 2.79 bits per heavy atom. The van der Waals surface area contributed by atoms with Gasteiger partial charge >= 0.3 is 0 Å². The van der Waals surface area contributed by atoms with Gasteiger partial charge in [0.05, 0.1) is 11.2 Å². The van der Waals surface area contributed by atoms with Crippen LogP contribution >= 0.6 is 0 Å². The van der Waals surface area contributed by atoms with E-state index >= 15 is 0 Å². The van der Waals surface area contributed by atoms with E-state index in [0.29, 0.717) is 11.3 Å². The van der Waals surface area contributed by atoms with E-state index < -0.39 is 21.9 Å². The van der Waals surface area contributed by atoms with Gasteiger partial charge in [0.1, 0.15) is 17.6 Å². The van der Waals surface area contributed by atoms with E-state index in [0.717, 1.165) is 6.07 Å². The number of benzene rings is 1. The van der Waals surface area contributed by atoms with Crippen molar-refractivity contribution in [1.82, 2.24) is 14.5 Å². The van der Waals surface area contributed by atoms with Gasteiger partial charge in [0.2, 0.25) is 10.0 Å². The van der Waals surface area contributed by atoms with E-state index in [1.54, 1.807) is 42.2 Å². The molecule has 8 heteroatoms. The summed E-state index contributed by atoms with van der Waals surface area (Å²) in [4.78, 5) is 0.0440. The maximum atomic E-state index is 13.2. The highest BCUT2D eigenvalue weighted by Crippen LogP contribution is 2.20. The van der Waals surface area contributed by atoms with Crippen molar-refractivity contribution in [2.75, 3.05) is 6.54 Å². The lowest BCUT2D eigenvalue weighted by molar-refractivity contribution is 0.402. The molecule has 1 unspecified atom stereocenters. The van der Waals surface area contributed by atoms with E-state index in [2.05, 4.69) is 9.82 Å². The quantitative estimate of drug-likeness (QED) is 0.742. The Morgan fingerprint density at radius 2 is 2.17 bits per heavy atom. The van der Waals surface area contributed by atoms with Crippen LogP contribution in [0, 0.1) is 12.7 Å². The van der Waals surface area contributed by atoms with Gasteiger partial charge in [-0.2, -0.15) is 5.10 Å². The van der Waals surface area contributed by atoms with Crippen molar-refractivity contribution in [3.63, 3.8) is 0 Å². The first kappa shape index (κ1) is 16.4. The van der Waals surface area contributed by atoms with E-state index in [-0.39, 0.29) is 11.4 Å². The topological polar surface area (TPSA) is 77.1 Å². The molecule has 0 aliphatic carbocycles. The van der Waals surface area contributed by atoms with Crippen LogP contribution in [0.4, 0.5) is 4.39 Å². The number of aryl methyl sites for hydroxylation is 1. The van der Waals surface area contributed by atoms with Crippen LogP contribution < -0.4 is 4.72 Å². The number of sulfonamides is 1. The second kappa shape index (κ2) is 6.58. The minimum atomic E-state index is -3.78. The fourth-order valence-corrected chi connectivity index (χ4v) is 3.71. The third-order valence-corrected chi connectivity index (χ3v) is 5.19. The SMILES string of the molecule is Cc1cc(F)ccc1S(=O)(=O)NCC(c1ccco1)n1cccn1. The molecule has 0 amide bonds. The van der Waals surface area contributed by atoms with Crippen LogP contribution in [0.5, 0.6) is 0 Å². The van der Waals surface area contributed by atoms with Gasteiger partial charge in [0.25, 0.3) is 0 Å². The van der Waals surface area contributed by atoms with Gasteiger partial charge in [-0.05, 0) is 48.9 Å². The molecule has 1 N–H and O–H groups in total. The normalized spacial score (nSPS) is 13.1. The summed E-state index contributed by atoms with van der Waals surface area (Å²) in [7, 11) is -3.78.